The fourth-order valence-electron chi connectivity index (χ4n) is 2.08. The second kappa shape index (κ2) is 4.40. The highest BCUT2D eigenvalue weighted by Crippen LogP contribution is 2.32. The molecular weight excluding hydrogens is 282 g/mol. The van der Waals surface area contributed by atoms with E-state index in [0.29, 0.717) is 16.3 Å². The van der Waals surface area contributed by atoms with Crippen molar-refractivity contribution < 1.29 is 9.59 Å². The second-order valence-electron chi connectivity index (χ2n) is 4.12. The normalized spacial score (nSPS) is 13.9. The third-order valence-electron chi connectivity index (χ3n) is 2.97. The first-order valence-electron chi connectivity index (χ1n) is 5.56. The maximum atomic E-state index is 12.3. The van der Waals surface area contributed by atoms with Crippen LogP contribution in [0, 0.1) is 0 Å². The number of benzene rings is 2. The standard InChI is InChI=1S/C14H8ClNO2S/c15-11-3-1-2-10-12(11)14(18)16(13(10)17)8-4-6-9(19)7-5-8/h1-7,19H. The number of amides is 2. The van der Waals surface area contributed by atoms with Crippen LogP contribution in [0.25, 0.3) is 0 Å². The van der Waals surface area contributed by atoms with Crippen LogP contribution in [-0.4, -0.2) is 11.8 Å². The zero-order chi connectivity index (χ0) is 13.6. The molecule has 0 saturated carbocycles. The Hall–Kier alpha value is -1.78. The molecule has 3 rings (SSSR count). The largest absolute Gasteiger partial charge is 0.268 e. The molecule has 94 valence electrons. The summed E-state index contributed by atoms with van der Waals surface area (Å²) < 4.78 is 0. The summed E-state index contributed by atoms with van der Waals surface area (Å²) in [6.45, 7) is 0. The first kappa shape index (κ1) is 12.3. The fraction of sp³-hybridized carbons (Fsp3) is 0. The molecule has 0 aliphatic carbocycles. The van der Waals surface area contributed by atoms with E-state index >= 15 is 0 Å². The summed E-state index contributed by atoms with van der Waals surface area (Å²) >= 11 is 10.2. The Morgan fingerprint density at radius 2 is 1.63 bits per heavy atom. The highest BCUT2D eigenvalue weighted by Gasteiger charge is 2.38. The van der Waals surface area contributed by atoms with Gasteiger partial charge in [-0.1, -0.05) is 17.7 Å². The highest BCUT2D eigenvalue weighted by atomic mass is 35.5. The average molecular weight is 290 g/mol. The Morgan fingerprint density at radius 3 is 2.26 bits per heavy atom. The molecule has 2 amide bonds. The molecule has 1 aliphatic heterocycles. The smallest absolute Gasteiger partial charge is 0.267 e. The van der Waals surface area contributed by atoms with E-state index in [1.165, 1.54) is 0 Å². The van der Waals surface area contributed by atoms with Gasteiger partial charge in [0, 0.05) is 4.90 Å². The summed E-state index contributed by atoms with van der Waals surface area (Å²) in [6.07, 6.45) is 0. The van der Waals surface area contributed by atoms with Gasteiger partial charge >= 0.3 is 0 Å². The predicted octanol–water partition coefficient (Wildman–Crippen LogP) is 3.43. The van der Waals surface area contributed by atoms with E-state index in [2.05, 4.69) is 12.6 Å². The number of nitrogens with zero attached hydrogens (tertiary/aromatic N) is 1. The van der Waals surface area contributed by atoms with Gasteiger partial charge in [-0.2, -0.15) is 0 Å². The number of thiol groups is 1. The molecule has 0 fully saturated rings. The monoisotopic (exact) mass is 289 g/mol. The number of carbonyl (C=O) groups excluding carboxylic acids is 2. The van der Waals surface area contributed by atoms with Crippen LogP contribution in [0.15, 0.2) is 47.4 Å². The molecule has 0 unspecified atom stereocenters. The van der Waals surface area contributed by atoms with Gasteiger partial charge in [0.1, 0.15) is 0 Å². The van der Waals surface area contributed by atoms with Crippen molar-refractivity contribution in [1.29, 1.82) is 0 Å². The van der Waals surface area contributed by atoms with Gasteiger partial charge in [0.25, 0.3) is 11.8 Å². The van der Waals surface area contributed by atoms with Crippen LogP contribution in [0.2, 0.25) is 5.02 Å². The quantitative estimate of drug-likeness (QED) is 0.645. The van der Waals surface area contributed by atoms with Gasteiger partial charge in [-0.05, 0) is 36.4 Å². The number of rotatable bonds is 1. The molecule has 0 aromatic heterocycles. The molecule has 19 heavy (non-hydrogen) atoms. The molecule has 0 atom stereocenters. The van der Waals surface area contributed by atoms with E-state index < -0.39 is 5.91 Å². The minimum Gasteiger partial charge on any atom is -0.268 e. The Bertz CT molecular complexity index is 697. The third kappa shape index (κ3) is 1.84. The molecule has 2 aromatic rings. The number of anilines is 1. The van der Waals surface area contributed by atoms with Gasteiger partial charge in [-0.3, -0.25) is 9.59 Å². The zero-order valence-corrected chi connectivity index (χ0v) is 11.3. The molecule has 5 heteroatoms. The summed E-state index contributed by atoms with van der Waals surface area (Å²) in [5, 5.41) is 0.296. The Morgan fingerprint density at radius 1 is 0.947 bits per heavy atom. The van der Waals surface area contributed by atoms with Crippen LogP contribution in [0.5, 0.6) is 0 Å². The van der Waals surface area contributed by atoms with Gasteiger partial charge < -0.3 is 0 Å². The topological polar surface area (TPSA) is 37.4 Å². The summed E-state index contributed by atoms with van der Waals surface area (Å²) in [6, 6.07) is 11.7. The number of halogens is 1. The van der Waals surface area contributed by atoms with Crippen molar-refractivity contribution in [2.75, 3.05) is 4.90 Å². The lowest BCUT2D eigenvalue weighted by Gasteiger charge is -2.13. The van der Waals surface area contributed by atoms with Gasteiger partial charge in [-0.15, -0.1) is 12.6 Å². The van der Waals surface area contributed by atoms with Crippen molar-refractivity contribution in [3.8, 4) is 0 Å². The van der Waals surface area contributed by atoms with Crippen LogP contribution in [-0.2, 0) is 0 Å². The van der Waals surface area contributed by atoms with Crippen LogP contribution >= 0.6 is 24.2 Å². The van der Waals surface area contributed by atoms with E-state index in [0.717, 1.165) is 9.80 Å². The summed E-state index contributed by atoms with van der Waals surface area (Å²) in [5.74, 6) is -0.744. The number of hydrogen-bond donors (Lipinski definition) is 1. The Kier molecular flexibility index (Phi) is 2.84. The van der Waals surface area contributed by atoms with Crippen LogP contribution in [0.1, 0.15) is 20.7 Å². The zero-order valence-electron chi connectivity index (χ0n) is 9.63. The predicted molar refractivity (Wildman–Crippen MR) is 76.3 cm³/mol. The average Bonchev–Trinajstić information content (AvgIpc) is 2.65. The summed E-state index contributed by atoms with van der Waals surface area (Å²) in [7, 11) is 0. The number of carbonyl (C=O) groups is 2. The number of fused-ring (bicyclic) bond motifs is 1. The van der Waals surface area contributed by atoms with Gasteiger partial charge in [0.2, 0.25) is 0 Å². The lowest BCUT2D eigenvalue weighted by atomic mass is 10.1. The van der Waals surface area contributed by atoms with Crippen LogP contribution in [0.3, 0.4) is 0 Å². The molecule has 0 spiro atoms. The molecule has 2 aromatic carbocycles. The molecule has 0 saturated heterocycles. The van der Waals surface area contributed by atoms with Crippen molar-refractivity contribution in [3.63, 3.8) is 0 Å². The van der Waals surface area contributed by atoms with Gasteiger partial charge in [0.05, 0.1) is 21.8 Å². The lowest BCUT2D eigenvalue weighted by molar-refractivity contribution is 0.0926. The second-order valence-corrected chi connectivity index (χ2v) is 5.05. The van der Waals surface area contributed by atoms with Gasteiger partial charge in [0.15, 0.2) is 0 Å². The minimum absolute atomic E-state index is 0.268. The molecule has 0 N–H and O–H groups in total. The first-order chi connectivity index (χ1) is 9.09. The van der Waals surface area contributed by atoms with E-state index in [-0.39, 0.29) is 11.5 Å². The summed E-state index contributed by atoms with van der Waals surface area (Å²) in [4.78, 5) is 26.5. The van der Waals surface area contributed by atoms with Crippen molar-refractivity contribution >= 4 is 41.7 Å². The fourth-order valence-corrected chi connectivity index (χ4v) is 2.48. The molecule has 0 bridgehead atoms. The Balaban J connectivity index is 2.13. The van der Waals surface area contributed by atoms with Crippen LogP contribution in [0.4, 0.5) is 5.69 Å². The maximum absolute atomic E-state index is 12.3. The third-order valence-corrected chi connectivity index (χ3v) is 3.59. The highest BCUT2D eigenvalue weighted by molar-refractivity contribution is 7.80. The van der Waals surface area contributed by atoms with E-state index in [1.54, 1.807) is 42.5 Å². The number of imide groups is 1. The number of hydrogen-bond acceptors (Lipinski definition) is 3. The molecule has 1 heterocycles. The van der Waals surface area contributed by atoms with Crippen molar-refractivity contribution in [1.82, 2.24) is 0 Å². The molecule has 0 radical (unpaired) electrons. The lowest BCUT2D eigenvalue weighted by Crippen LogP contribution is -2.29. The Labute approximate surface area is 120 Å². The van der Waals surface area contributed by atoms with Crippen molar-refractivity contribution in [2.24, 2.45) is 0 Å². The van der Waals surface area contributed by atoms with E-state index in [9.17, 15) is 9.59 Å². The minimum atomic E-state index is -0.391. The van der Waals surface area contributed by atoms with Gasteiger partial charge in [-0.25, -0.2) is 4.90 Å². The molecule has 3 nitrogen and oxygen atoms in total. The summed E-state index contributed by atoms with van der Waals surface area (Å²) in [5.41, 5.74) is 1.12. The SMILES string of the molecule is O=C1c2cccc(Cl)c2C(=O)N1c1ccc(S)cc1. The first-order valence-corrected chi connectivity index (χ1v) is 6.38. The van der Waals surface area contributed by atoms with Crippen molar-refractivity contribution in [2.45, 2.75) is 4.90 Å². The molecule has 1 aliphatic rings. The van der Waals surface area contributed by atoms with Crippen molar-refractivity contribution in [3.05, 3.63) is 58.6 Å². The maximum Gasteiger partial charge on any atom is 0.267 e. The molecular formula is C14H8ClNO2S. The van der Waals surface area contributed by atoms with E-state index in [4.69, 9.17) is 11.6 Å². The van der Waals surface area contributed by atoms with E-state index in [1.807, 2.05) is 0 Å². The van der Waals surface area contributed by atoms with Crippen LogP contribution < -0.4 is 4.90 Å².